The molecule has 1 N–H and O–H groups in total. The SMILES string of the molecule is CCCCNc1nc(C)cc(OCC)n1. The lowest BCUT2D eigenvalue weighted by atomic mass is 10.3. The molecule has 0 aliphatic carbocycles. The monoisotopic (exact) mass is 209 g/mol. The molecule has 0 atom stereocenters. The molecule has 0 aliphatic rings. The van der Waals surface area contributed by atoms with Crippen LogP contribution in [-0.2, 0) is 0 Å². The van der Waals surface area contributed by atoms with Crippen LogP contribution < -0.4 is 10.1 Å². The molecule has 0 aliphatic heterocycles. The molecule has 0 aromatic carbocycles. The number of ether oxygens (including phenoxy) is 1. The number of rotatable bonds is 6. The van der Waals surface area contributed by atoms with Crippen LogP contribution in [0.2, 0.25) is 0 Å². The van der Waals surface area contributed by atoms with E-state index in [1.165, 1.54) is 0 Å². The van der Waals surface area contributed by atoms with E-state index in [0.717, 1.165) is 25.1 Å². The van der Waals surface area contributed by atoms with E-state index in [1.54, 1.807) is 0 Å². The molecule has 0 amide bonds. The second-order valence-corrected chi connectivity index (χ2v) is 3.38. The Bertz CT molecular complexity index is 302. The number of aryl methyl sites for hydroxylation is 1. The van der Waals surface area contributed by atoms with Crippen LogP contribution in [0.1, 0.15) is 32.4 Å². The zero-order valence-electron chi connectivity index (χ0n) is 9.71. The van der Waals surface area contributed by atoms with Crippen LogP contribution in [0.25, 0.3) is 0 Å². The molecule has 0 unspecified atom stereocenters. The molecule has 1 aromatic rings. The van der Waals surface area contributed by atoms with E-state index in [2.05, 4.69) is 22.2 Å². The zero-order chi connectivity index (χ0) is 11.1. The van der Waals surface area contributed by atoms with Crippen molar-refractivity contribution in [2.24, 2.45) is 0 Å². The normalized spacial score (nSPS) is 10.1. The highest BCUT2D eigenvalue weighted by atomic mass is 16.5. The van der Waals surface area contributed by atoms with Gasteiger partial charge >= 0.3 is 0 Å². The summed E-state index contributed by atoms with van der Waals surface area (Å²) in [6.45, 7) is 7.58. The summed E-state index contributed by atoms with van der Waals surface area (Å²) in [4.78, 5) is 8.54. The van der Waals surface area contributed by atoms with Gasteiger partial charge in [-0.25, -0.2) is 4.98 Å². The number of nitrogens with one attached hydrogen (secondary N) is 1. The Morgan fingerprint density at radius 2 is 2.13 bits per heavy atom. The lowest BCUT2D eigenvalue weighted by molar-refractivity contribution is 0.326. The van der Waals surface area contributed by atoms with Crippen molar-refractivity contribution in [1.82, 2.24) is 9.97 Å². The molecule has 1 rings (SSSR count). The van der Waals surface area contributed by atoms with Crippen LogP contribution in [-0.4, -0.2) is 23.1 Å². The summed E-state index contributed by atoms with van der Waals surface area (Å²) in [5.41, 5.74) is 0.924. The Labute approximate surface area is 91.1 Å². The minimum atomic E-state index is 0.630. The van der Waals surface area contributed by atoms with Crippen LogP contribution >= 0.6 is 0 Å². The largest absolute Gasteiger partial charge is 0.478 e. The first-order valence-corrected chi connectivity index (χ1v) is 5.48. The Morgan fingerprint density at radius 1 is 1.33 bits per heavy atom. The number of nitrogens with zero attached hydrogens (tertiary/aromatic N) is 2. The summed E-state index contributed by atoms with van der Waals surface area (Å²) in [6.07, 6.45) is 2.29. The molecule has 1 aromatic heterocycles. The van der Waals surface area contributed by atoms with Gasteiger partial charge < -0.3 is 10.1 Å². The third kappa shape index (κ3) is 4.14. The predicted octanol–water partition coefficient (Wildman–Crippen LogP) is 2.40. The van der Waals surface area contributed by atoms with Crippen LogP contribution in [0.5, 0.6) is 5.88 Å². The zero-order valence-corrected chi connectivity index (χ0v) is 9.71. The van der Waals surface area contributed by atoms with E-state index in [9.17, 15) is 0 Å². The summed E-state index contributed by atoms with van der Waals surface area (Å²) in [6, 6.07) is 1.84. The van der Waals surface area contributed by atoms with Gasteiger partial charge in [-0.15, -0.1) is 0 Å². The Hall–Kier alpha value is -1.32. The maximum Gasteiger partial charge on any atom is 0.226 e. The number of hydrogen-bond acceptors (Lipinski definition) is 4. The fourth-order valence-corrected chi connectivity index (χ4v) is 1.22. The molecule has 0 saturated carbocycles. The van der Waals surface area contributed by atoms with Gasteiger partial charge in [0.2, 0.25) is 11.8 Å². The van der Waals surface area contributed by atoms with E-state index < -0.39 is 0 Å². The fraction of sp³-hybridized carbons (Fsp3) is 0.636. The van der Waals surface area contributed by atoms with Gasteiger partial charge in [0.05, 0.1) is 6.61 Å². The smallest absolute Gasteiger partial charge is 0.226 e. The van der Waals surface area contributed by atoms with Crippen molar-refractivity contribution in [2.45, 2.75) is 33.6 Å². The van der Waals surface area contributed by atoms with Gasteiger partial charge in [0, 0.05) is 18.3 Å². The van der Waals surface area contributed by atoms with Crippen molar-refractivity contribution in [3.05, 3.63) is 11.8 Å². The first kappa shape index (κ1) is 11.8. The summed E-state index contributed by atoms with van der Waals surface area (Å²) in [5, 5.41) is 3.18. The third-order valence-corrected chi connectivity index (χ3v) is 1.94. The van der Waals surface area contributed by atoms with Gasteiger partial charge in [0.15, 0.2) is 0 Å². The highest BCUT2D eigenvalue weighted by Gasteiger charge is 2.01. The first-order valence-electron chi connectivity index (χ1n) is 5.48. The van der Waals surface area contributed by atoms with Gasteiger partial charge in [0.1, 0.15) is 0 Å². The molecular formula is C11H19N3O. The minimum Gasteiger partial charge on any atom is -0.478 e. The lowest BCUT2D eigenvalue weighted by Crippen LogP contribution is -2.07. The molecule has 15 heavy (non-hydrogen) atoms. The highest BCUT2D eigenvalue weighted by Crippen LogP contribution is 2.11. The lowest BCUT2D eigenvalue weighted by Gasteiger charge is -2.07. The number of unbranched alkanes of at least 4 members (excludes halogenated alkanes) is 1. The number of aromatic nitrogens is 2. The van der Waals surface area contributed by atoms with E-state index in [1.807, 2.05) is 19.9 Å². The van der Waals surface area contributed by atoms with Gasteiger partial charge in [-0.3, -0.25) is 0 Å². The summed E-state index contributed by atoms with van der Waals surface area (Å²) >= 11 is 0. The summed E-state index contributed by atoms with van der Waals surface area (Å²) in [7, 11) is 0. The van der Waals surface area contributed by atoms with E-state index in [0.29, 0.717) is 18.4 Å². The molecule has 0 spiro atoms. The maximum atomic E-state index is 5.34. The molecule has 84 valence electrons. The standard InChI is InChI=1S/C11H19N3O/c1-4-6-7-12-11-13-9(3)8-10(14-11)15-5-2/h8H,4-7H2,1-3H3,(H,12,13,14). The van der Waals surface area contributed by atoms with E-state index in [-0.39, 0.29) is 0 Å². The Kier molecular flexibility index (Phi) is 4.87. The molecule has 0 bridgehead atoms. The molecule has 0 fully saturated rings. The van der Waals surface area contributed by atoms with Crippen molar-refractivity contribution in [1.29, 1.82) is 0 Å². The Balaban J connectivity index is 2.62. The summed E-state index contributed by atoms with van der Waals surface area (Å²) in [5.74, 6) is 1.30. The number of hydrogen-bond donors (Lipinski definition) is 1. The summed E-state index contributed by atoms with van der Waals surface area (Å²) < 4.78 is 5.34. The second-order valence-electron chi connectivity index (χ2n) is 3.38. The average molecular weight is 209 g/mol. The van der Waals surface area contributed by atoms with Gasteiger partial charge in [0.25, 0.3) is 0 Å². The van der Waals surface area contributed by atoms with Gasteiger partial charge in [-0.05, 0) is 20.3 Å². The van der Waals surface area contributed by atoms with Crippen molar-refractivity contribution in [3.63, 3.8) is 0 Å². The van der Waals surface area contributed by atoms with Gasteiger partial charge in [-0.1, -0.05) is 13.3 Å². The van der Waals surface area contributed by atoms with Crippen molar-refractivity contribution >= 4 is 5.95 Å². The molecular weight excluding hydrogens is 190 g/mol. The highest BCUT2D eigenvalue weighted by molar-refractivity contribution is 5.30. The van der Waals surface area contributed by atoms with Crippen LogP contribution in [0.4, 0.5) is 5.95 Å². The van der Waals surface area contributed by atoms with Crippen molar-refractivity contribution in [3.8, 4) is 5.88 Å². The molecule has 1 heterocycles. The first-order chi connectivity index (χ1) is 7.26. The quantitative estimate of drug-likeness (QED) is 0.731. The van der Waals surface area contributed by atoms with Crippen LogP contribution in [0.3, 0.4) is 0 Å². The topological polar surface area (TPSA) is 47.0 Å². The van der Waals surface area contributed by atoms with Crippen molar-refractivity contribution in [2.75, 3.05) is 18.5 Å². The molecule has 4 heteroatoms. The maximum absolute atomic E-state index is 5.34. The van der Waals surface area contributed by atoms with Crippen LogP contribution in [0, 0.1) is 6.92 Å². The van der Waals surface area contributed by atoms with Crippen LogP contribution in [0.15, 0.2) is 6.07 Å². The van der Waals surface area contributed by atoms with E-state index in [4.69, 9.17) is 4.74 Å². The predicted molar refractivity (Wildman–Crippen MR) is 61.3 cm³/mol. The third-order valence-electron chi connectivity index (χ3n) is 1.94. The Morgan fingerprint density at radius 3 is 2.80 bits per heavy atom. The van der Waals surface area contributed by atoms with Crippen molar-refractivity contribution < 1.29 is 4.74 Å². The minimum absolute atomic E-state index is 0.630. The molecule has 4 nitrogen and oxygen atoms in total. The fourth-order valence-electron chi connectivity index (χ4n) is 1.22. The molecule has 0 radical (unpaired) electrons. The average Bonchev–Trinajstić information content (AvgIpc) is 2.18. The number of anilines is 1. The van der Waals surface area contributed by atoms with Gasteiger partial charge in [-0.2, -0.15) is 4.98 Å². The molecule has 0 saturated heterocycles. The van der Waals surface area contributed by atoms with E-state index >= 15 is 0 Å². The second kappa shape index (κ2) is 6.22.